The first-order valence-corrected chi connectivity index (χ1v) is 6.40. The predicted octanol–water partition coefficient (Wildman–Crippen LogP) is 2.20. The molecule has 88 valence electrons. The first-order chi connectivity index (χ1) is 6.89. The van der Waals surface area contributed by atoms with Gasteiger partial charge in [-0.1, -0.05) is 0 Å². The Bertz CT molecular complexity index is 229. The van der Waals surface area contributed by atoms with E-state index in [2.05, 4.69) is 44.4 Å². The molecule has 2 atom stereocenters. The van der Waals surface area contributed by atoms with Crippen LogP contribution in [0.2, 0.25) is 0 Å². The summed E-state index contributed by atoms with van der Waals surface area (Å²) < 4.78 is 0. The van der Waals surface area contributed by atoms with Gasteiger partial charge in [-0.2, -0.15) is 0 Å². The molecule has 0 spiro atoms. The van der Waals surface area contributed by atoms with E-state index in [0.29, 0.717) is 5.54 Å². The van der Waals surface area contributed by atoms with E-state index >= 15 is 0 Å². The maximum atomic E-state index is 2.69. The second-order valence-electron chi connectivity index (χ2n) is 6.53. The van der Waals surface area contributed by atoms with Gasteiger partial charge in [-0.3, -0.25) is 4.90 Å². The largest absolute Gasteiger partial charge is 0.300 e. The molecule has 0 saturated carbocycles. The molecule has 2 aliphatic heterocycles. The number of piperidine rings is 1. The molecule has 15 heavy (non-hydrogen) atoms. The Morgan fingerprint density at radius 2 is 1.80 bits per heavy atom. The molecular weight excluding hydrogens is 184 g/mol. The molecule has 2 fully saturated rings. The Morgan fingerprint density at radius 3 is 2.27 bits per heavy atom. The highest BCUT2D eigenvalue weighted by Crippen LogP contribution is 2.37. The van der Waals surface area contributed by atoms with Crippen LogP contribution in [0.1, 0.15) is 41.0 Å². The van der Waals surface area contributed by atoms with Gasteiger partial charge in [0, 0.05) is 30.7 Å². The van der Waals surface area contributed by atoms with Gasteiger partial charge in [0.1, 0.15) is 0 Å². The van der Waals surface area contributed by atoms with E-state index in [9.17, 15) is 0 Å². The lowest BCUT2D eigenvalue weighted by molar-refractivity contribution is -0.0972. The van der Waals surface area contributed by atoms with Crippen molar-refractivity contribution >= 4 is 0 Å². The third kappa shape index (κ3) is 2.07. The van der Waals surface area contributed by atoms with E-state index in [4.69, 9.17) is 0 Å². The van der Waals surface area contributed by atoms with Crippen LogP contribution in [0.4, 0.5) is 0 Å². The van der Waals surface area contributed by atoms with Gasteiger partial charge in [0.2, 0.25) is 0 Å². The molecule has 2 saturated heterocycles. The van der Waals surface area contributed by atoms with Crippen LogP contribution >= 0.6 is 0 Å². The first-order valence-electron chi connectivity index (χ1n) is 6.40. The summed E-state index contributed by atoms with van der Waals surface area (Å²) in [6.07, 6.45) is 1.38. The molecule has 0 N–H and O–H groups in total. The molecule has 2 heterocycles. The maximum Gasteiger partial charge on any atom is 0.0165 e. The van der Waals surface area contributed by atoms with Crippen molar-refractivity contribution in [3.05, 3.63) is 0 Å². The molecule has 0 aromatic rings. The highest BCUT2D eigenvalue weighted by Gasteiger charge is 2.46. The monoisotopic (exact) mass is 210 g/mol. The molecule has 0 radical (unpaired) electrons. The normalized spacial score (nSPS) is 34.0. The highest BCUT2D eigenvalue weighted by atomic mass is 15.3. The van der Waals surface area contributed by atoms with E-state index in [-0.39, 0.29) is 0 Å². The molecule has 0 amide bonds. The number of likely N-dealkylation sites (tertiary alicyclic amines) is 2. The molecule has 2 rings (SSSR count). The Labute approximate surface area is 94.6 Å². The van der Waals surface area contributed by atoms with Crippen molar-refractivity contribution in [3.63, 3.8) is 0 Å². The Balaban J connectivity index is 1.91. The lowest BCUT2D eigenvalue weighted by atomic mass is 9.78. The van der Waals surface area contributed by atoms with Crippen molar-refractivity contribution in [2.24, 2.45) is 5.92 Å². The summed E-state index contributed by atoms with van der Waals surface area (Å²) in [5, 5.41) is 0. The summed E-state index contributed by atoms with van der Waals surface area (Å²) >= 11 is 0. The van der Waals surface area contributed by atoms with Crippen LogP contribution in [0.5, 0.6) is 0 Å². The molecule has 0 aromatic heterocycles. The topological polar surface area (TPSA) is 6.48 Å². The van der Waals surface area contributed by atoms with Gasteiger partial charge in [0.05, 0.1) is 0 Å². The second kappa shape index (κ2) is 3.74. The van der Waals surface area contributed by atoms with E-state index in [1.165, 1.54) is 26.1 Å². The van der Waals surface area contributed by atoms with E-state index < -0.39 is 0 Å². The minimum atomic E-state index is 0.376. The second-order valence-corrected chi connectivity index (χ2v) is 6.53. The fourth-order valence-corrected chi connectivity index (χ4v) is 3.13. The maximum absolute atomic E-state index is 2.69. The fraction of sp³-hybridized carbons (Fsp3) is 1.00. The average Bonchev–Trinajstić information content (AvgIpc) is 2.03. The SMILES string of the molecule is CC(C)N1CCC2C(C1)CN2C(C)(C)C. The van der Waals surface area contributed by atoms with Crippen LogP contribution in [0, 0.1) is 5.92 Å². The summed E-state index contributed by atoms with van der Waals surface area (Å²) in [4.78, 5) is 5.33. The van der Waals surface area contributed by atoms with Crippen LogP contribution in [0.15, 0.2) is 0 Å². The van der Waals surface area contributed by atoms with Crippen molar-refractivity contribution in [1.29, 1.82) is 0 Å². The van der Waals surface area contributed by atoms with Crippen LogP contribution in [0.3, 0.4) is 0 Å². The molecule has 0 aromatic carbocycles. The van der Waals surface area contributed by atoms with Crippen molar-refractivity contribution in [2.75, 3.05) is 19.6 Å². The van der Waals surface area contributed by atoms with Crippen LogP contribution in [-0.2, 0) is 0 Å². The van der Waals surface area contributed by atoms with E-state index in [1.54, 1.807) is 0 Å². The lowest BCUT2D eigenvalue weighted by Gasteiger charge is -2.59. The summed E-state index contributed by atoms with van der Waals surface area (Å²) in [7, 11) is 0. The number of hydrogen-bond acceptors (Lipinski definition) is 2. The van der Waals surface area contributed by atoms with Gasteiger partial charge in [0.15, 0.2) is 0 Å². The lowest BCUT2D eigenvalue weighted by Crippen LogP contribution is -2.68. The highest BCUT2D eigenvalue weighted by molar-refractivity contribution is 5.01. The van der Waals surface area contributed by atoms with Crippen molar-refractivity contribution in [1.82, 2.24) is 9.80 Å². The first kappa shape index (κ1) is 11.4. The molecule has 2 nitrogen and oxygen atoms in total. The van der Waals surface area contributed by atoms with Crippen molar-refractivity contribution in [3.8, 4) is 0 Å². The van der Waals surface area contributed by atoms with Gasteiger partial charge < -0.3 is 4.90 Å². The minimum Gasteiger partial charge on any atom is -0.300 e. The molecule has 2 aliphatic rings. The molecule has 2 unspecified atom stereocenters. The van der Waals surface area contributed by atoms with Gasteiger partial charge in [-0.15, -0.1) is 0 Å². The third-order valence-electron chi connectivity index (χ3n) is 4.15. The Hall–Kier alpha value is -0.0800. The summed E-state index contributed by atoms with van der Waals surface area (Å²) in [5.74, 6) is 0.945. The fourth-order valence-electron chi connectivity index (χ4n) is 3.13. The molecule has 0 aliphatic carbocycles. The van der Waals surface area contributed by atoms with Crippen LogP contribution in [-0.4, -0.2) is 47.1 Å². The Morgan fingerprint density at radius 1 is 1.13 bits per heavy atom. The molecule has 0 bridgehead atoms. The van der Waals surface area contributed by atoms with E-state index in [1.807, 2.05) is 0 Å². The zero-order valence-corrected chi connectivity index (χ0v) is 11.0. The van der Waals surface area contributed by atoms with Gasteiger partial charge in [-0.05, 0) is 53.5 Å². The van der Waals surface area contributed by atoms with Gasteiger partial charge in [-0.25, -0.2) is 0 Å². The predicted molar refractivity (Wildman–Crippen MR) is 65.1 cm³/mol. The number of hydrogen-bond donors (Lipinski definition) is 0. The van der Waals surface area contributed by atoms with Crippen molar-refractivity contribution < 1.29 is 0 Å². The van der Waals surface area contributed by atoms with E-state index in [0.717, 1.165) is 18.0 Å². The number of rotatable bonds is 1. The van der Waals surface area contributed by atoms with Crippen molar-refractivity contribution in [2.45, 2.75) is 58.7 Å². The minimum absolute atomic E-state index is 0.376. The third-order valence-corrected chi connectivity index (χ3v) is 4.15. The quantitative estimate of drug-likeness (QED) is 0.654. The summed E-state index contributed by atoms with van der Waals surface area (Å²) in [6, 6.07) is 1.61. The smallest absolute Gasteiger partial charge is 0.0165 e. The summed E-state index contributed by atoms with van der Waals surface area (Å²) in [5.41, 5.74) is 0.376. The van der Waals surface area contributed by atoms with Crippen LogP contribution < -0.4 is 0 Å². The Kier molecular flexibility index (Phi) is 2.85. The van der Waals surface area contributed by atoms with Crippen LogP contribution in [0.25, 0.3) is 0 Å². The zero-order valence-electron chi connectivity index (χ0n) is 11.0. The molecular formula is C13H26N2. The average molecular weight is 210 g/mol. The van der Waals surface area contributed by atoms with Gasteiger partial charge in [0.25, 0.3) is 0 Å². The van der Waals surface area contributed by atoms with Gasteiger partial charge >= 0.3 is 0 Å². The standard InChI is InChI=1S/C13H26N2/c1-10(2)14-7-6-12-11(8-14)9-15(12)13(3,4)5/h10-12H,6-9H2,1-5H3. The number of nitrogens with zero attached hydrogens (tertiary/aromatic N) is 2. The zero-order chi connectivity index (χ0) is 11.2. The summed E-state index contributed by atoms with van der Waals surface area (Å²) in [6.45, 7) is 15.6. The molecule has 2 heteroatoms. The number of fused-ring (bicyclic) bond motifs is 1.